The van der Waals surface area contributed by atoms with Crippen LogP contribution in [0.5, 0.6) is 11.5 Å². The quantitative estimate of drug-likeness (QED) is 0.318. The zero-order valence-electron chi connectivity index (χ0n) is 20.1. The number of amides is 1. The number of anilines is 3. The molecule has 1 spiro atoms. The van der Waals surface area contributed by atoms with E-state index in [2.05, 4.69) is 25.8 Å². The lowest BCUT2D eigenvalue weighted by Crippen LogP contribution is -2.21. The van der Waals surface area contributed by atoms with Crippen molar-refractivity contribution in [1.29, 1.82) is 0 Å². The second kappa shape index (κ2) is 8.38. The van der Waals surface area contributed by atoms with E-state index < -0.39 is 25.9 Å². The van der Waals surface area contributed by atoms with E-state index in [-0.39, 0.29) is 23.4 Å². The van der Waals surface area contributed by atoms with Crippen LogP contribution in [0.15, 0.2) is 53.6 Å². The van der Waals surface area contributed by atoms with E-state index in [1.807, 2.05) is 36.4 Å². The highest BCUT2D eigenvalue weighted by atomic mass is 32.2. The first-order valence-corrected chi connectivity index (χ1v) is 13.0. The molecule has 0 saturated heterocycles. The molecule has 1 aliphatic heterocycles. The van der Waals surface area contributed by atoms with Crippen molar-refractivity contribution in [2.24, 2.45) is 0 Å². The molecule has 1 aliphatic carbocycles. The number of pyridine rings is 1. The number of H-pyrrole nitrogens is 1. The van der Waals surface area contributed by atoms with Gasteiger partial charge in [0.05, 0.1) is 30.0 Å². The summed E-state index contributed by atoms with van der Waals surface area (Å²) >= 11 is 0. The smallest absolute Gasteiger partial charge is 0.341 e. The maximum Gasteiger partial charge on any atom is 0.341 e. The maximum atomic E-state index is 13.0. The number of aromatic amines is 1. The Labute approximate surface area is 215 Å². The molecule has 0 radical (unpaired) electrons. The number of hydrogen-bond acceptors (Lipinski definition) is 8. The lowest BCUT2D eigenvalue weighted by Gasteiger charge is -2.11. The number of ether oxygens (including phenoxy) is 2. The summed E-state index contributed by atoms with van der Waals surface area (Å²) in [5.74, 6) is -2.50. The summed E-state index contributed by atoms with van der Waals surface area (Å²) in [6, 6.07) is 12.3. The Morgan fingerprint density at radius 3 is 2.66 bits per heavy atom. The van der Waals surface area contributed by atoms with Crippen molar-refractivity contribution in [1.82, 2.24) is 15.2 Å². The van der Waals surface area contributed by atoms with Crippen LogP contribution in [0.4, 0.5) is 26.1 Å². The molecule has 2 aromatic carbocycles. The predicted octanol–water partition coefficient (Wildman–Crippen LogP) is 4.09. The highest BCUT2D eigenvalue weighted by Gasteiger charge is 2.65. The third-order valence-corrected chi connectivity index (χ3v) is 8.51. The van der Waals surface area contributed by atoms with Crippen molar-refractivity contribution in [3.05, 3.63) is 59.8 Å². The Morgan fingerprint density at radius 1 is 1.11 bits per heavy atom. The number of halogens is 2. The molecule has 38 heavy (non-hydrogen) atoms. The molecule has 3 N–H and O–H groups in total. The van der Waals surface area contributed by atoms with Crippen LogP contribution in [-0.4, -0.2) is 49.5 Å². The average Bonchev–Trinajstić information content (AvgIpc) is 3.46. The van der Waals surface area contributed by atoms with Crippen LogP contribution < -0.4 is 20.1 Å². The highest BCUT2D eigenvalue weighted by Crippen LogP contribution is 2.65. The number of sulfone groups is 1. The van der Waals surface area contributed by atoms with Crippen LogP contribution in [0, 0.1) is 0 Å². The fourth-order valence-corrected chi connectivity index (χ4v) is 5.77. The van der Waals surface area contributed by atoms with Crippen molar-refractivity contribution in [3.63, 3.8) is 0 Å². The molecule has 2 aliphatic rings. The van der Waals surface area contributed by atoms with Crippen molar-refractivity contribution >= 4 is 44.0 Å². The van der Waals surface area contributed by atoms with Gasteiger partial charge in [0.15, 0.2) is 17.4 Å². The van der Waals surface area contributed by atoms with Gasteiger partial charge in [0, 0.05) is 29.3 Å². The number of nitrogens with zero attached hydrogens (tertiary/aromatic N) is 2. The molecule has 196 valence electrons. The topological polar surface area (TPSA) is 135 Å². The number of alkyl halides is 2. The first kappa shape index (κ1) is 24.1. The molecule has 4 aromatic rings. The van der Waals surface area contributed by atoms with Gasteiger partial charge in [-0.2, -0.15) is 13.9 Å². The minimum Gasteiger partial charge on any atom is -0.497 e. The lowest BCUT2D eigenvalue weighted by atomic mass is 9.91. The largest absolute Gasteiger partial charge is 0.497 e. The number of hydrogen-bond donors (Lipinski definition) is 3. The summed E-state index contributed by atoms with van der Waals surface area (Å²) in [6.07, 6.45) is 1.50. The van der Waals surface area contributed by atoms with Crippen molar-refractivity contribution in [2.45, 2.75) is 28.4 Å². The van der Waals surface area contributed by atoms with Gasteiger partial charge in [-0.3, -0.25) is 9.89 Å². The molecule has 0 unspecified atom stereocenters. The number of aromatic nitrogens is 3. The summed E-state index contributed by atoms with van der Waals surface area (Å²) in [4.78, 5) is 16.3. The lowest BCUT2D eigenvalue weighted by molar-refractivity contribution is -0.118. The van der Waals surface area contributed by atoms with Crippen molar-refractivity contribution in [2.75, 3.05) is 24.9 Å². The van der Waals surface area contributed by atoms with E-state index in [0.29, 0.717) is 28.9 Å². The molecule has 10 nitrogen and oxygen atoms in total. The molecule has 1 amide bonds. The molecule has 2 atom stereocenters. The van der Waals surface area contributed by atoms with E-state index in [9.17, 15) is 22.0 Å². The van der Waals surface area contributed by atoms with Crippen molar-refractivity contribution in [3.8, 4) is 11.5 Å². The minimum absolute atomic E-state index is 0.0222. The Hall–Kier alpha value is -4.26. The Kier molecular flexibility index (Phi) is 5.31. The van der Waals surface area contributed by atoms with Gasteiger partial charge in [-0.15, -0.1) is 0 Å². The van der Waals surface area contributed by atoms with Gasteiger partial charge >= 0.3 is 5.76 Å². The number of benzene rings is 2. The number of rotatable bonds is 7. The molecule has 6 rings (SSSR count). The summed E-state index contributed by atoms with van der Waals surface area (Å²) in [5, 5.41) is 13.9. The number of methoxy groups -OCH3 is 2. The van der Waals surface area contributed by atoms with Crippen LogP contribution in [0.1, 0.15) is 23.5 Å². The average molecular weight is 542 g/mol. The number of carbonyl (C=O) groups is 1. The van der Waals surface area contributed by atoms with E-state index in [1.54, 1.807) is 7.11 Å². The van der Waals surface area contributed by atoms with Gasteiger partial charge < -0.3 is 20.1 Å². The van der Waals surface area contributed by atoms with Gasteiger partial charge in [0.25, 0.3) is 0 Å². The third kappa shape index (κ3) is 3.49. The molecule has 2 aromatic heterocycles. The zero-order chi connectivity index (χ0) is 26.8. The van der Waals surface area contributed by atoms with Gasteiger partial charge in [-0.25, -0.2) is 13.4 Å². The number of fused-ring (bicyclic) bond motifs is 3. The molecule has 3 heterocycles. The van der Waals surface area contributed by atoms with E-state index >= 15 is 0 Å². The SMILES string of the molecule is COc1ccc2c(c1)[C@]1(C[C@H]1c1ccc3c(Nc4ncc(S(=O)(=O)C(F)F)cc4OC)n[nH]c3c1)C(=O)N2. The van der Waals surface area contributed by atoms with Crippen LogP contribution in [0.25, 0.3) is 10.9 Å². The van der Waals surface area contributed by atoms with Gasteiger partial charge in [-0.1, -0.05) is 6.07 Å². The molecule has 1 fully saturated rings. The van der Waals surface area contributed by atoms with Crippen LogP contribution in [-0.2, 0) is 20.0 Å². The molecule has 1 saturated carbocycles. The maximum absolute atomic E-state index is 13.0. The van der Waals surface area contributed by atoms with E-state index in [0.717, 1.165) is 29.1 Å². The summed E-state index contributed by atoms with van der Waals surface area (Å²) in [5.41, 5.74) is 2.74. The normalized spacial score (nSPS) is 20.0. The predicted molar refractivity (Wildman–Crippen MR) is 134 cm³/mol. The Morgan fingerprint density at radius 2 is 1.92 bits per heavy atom. The highest BCUT2D eigenvalue weighted by molar-refractivity contribution is 7.91. The fraction of sp³-hybridized carbons (Fsp3) is 0.240. The molecule has 13 heteroatoms. The molecular formula is C25H21F2N5O5S. The number of carbonyl (C=O) groups excluding carboxylic acids is 1. The van der Waals surface area contributed by atoms with Crippen LogP contribution >= 0.6 is 0 Å². The van der Waals surface area contributed by atoms with Gasteiger partial charge in [0.1, 0.15) is 5.75 Å². The second-order valence-corrected chi connectivity index (χ2v) is 11.0. The monoisotopic (exact) mass is 541 g/mol. The van der Waals surface area contributed by atoms with Crippen molar-refractivity contribution < 1.29 is 31.5 Å². The third-order valence-electron chi connectivity index (χ3n) is 7.16. The first-order chi connectivity index (χ1) is 18.2. The standard InChI is InChI=1S/C25H21F2N5O5S/c1-36-13-4-6-18-16(8-13)25(23(33)29-18)10-17(25)12-3-5-15-19(7-12)31-32-21(15)30-22-20(37-2)9-14(11-28-22)38(34,35)24(26)27/h3-9,11,17,24H,10H2,1-2H3,(H,29,33)(H2,28,30,31,32)/t17-,25-/m0/s1. The number of nitrogens with one attached hydrogen (secondary N) is 3. The van der Waals surface area contributed by atoms with E-state index in [1.165, 1.54) is 7.11 Å². The zero-order valence-corrected chi connectivity index (χ0v) is 20.9. The minimum atomic E-state index is -4.83. The molecule has 0 bridgehead atoms. The Balaban J connectivity index is 1.29. The summed E-state index contributed by atoms with van der Waals surface area (Å²) < 4.78 is 60.0. The van der Waals surface area contributed by atoms with Crippen LogP contribution in [0.2, 0.25) is 0 Å². The van der Waals surface area contributed by atoms with E-state index in [4.69, 9.17) is 9.47 Å². The van der Waals surface area contributed by atoms with Gasteiger partial charge in [-0.05, 0) is 47.9 Å². The summed E-state index contributed by atoms with van der Waals surface area (Å²) in [7, 11) is -1.97. The summed E-state index contributed by atoms with van der Waals surface area (Å²) in [6.45, 7) is 0. The first-order valence-electron chi connectivity index (χ1n) is 11.5. The fourth-order valence-electron chi connectivity index (χ4n) is 5.09. The Bertz CT molecular complexity index is 1720. The molecular weight excluding hydrogens is 520 g/mol. The van der Waals surface area contributed by atoms with Gasteiger partial charge in [0.2, 0.25) is 15.7 Å². The van der Waals surface area contributed by atoms with Crippen LogP contribution in [0.3, 0.4) is 0 Å². The second-order valence-electron chi connectivity index (χ2n) is 9.12.